The lowest BCUT2D eigenvalue weighted by Crippen LogP contribution is -2.40. The summed E-state index contributed by atoms with van der Waals surface area (Å²) in [6.45, 7) is 5.48. The first-order valence-corrected chi connectivity index (χ1v) is 7.87. The maximum Gasteiger partial charge on any atom is 0.0536 e. The Kier molecular flexibility index (Phi) is 5.03. The van der Waals surface area contributed by atoms with Crippen LogP contribution in [-0.4, -0.2) is 46.9 Å². The second-order valence-electron chi connectivity index (χ2n) is 5.76. The molecular weight excluding hydrogens is 260 g/mol. The fraction of sp³-hybridized carbons (Fsp3) is 0.471. The Labute approximate surface area is 126 Å². The molecule has 1 aliphatic rings. The molecule has 1 unspecified atom stereocenters. The van der Waals surface area contributed by atoms with Crippen molar-refractivity contribution in [2.75, 3.05) is 26.2 Å². The molecule has 0 amide bonds. The normalized spacial score (nSPS) is 20.3. The molecule has 1 aromatic carbocycles. The van der Waals surface area contributed by atoms with E-state index in [1.165, 1.54) is 18.5 Å². The third-order valence-corrected chi connectivity index (χ3v) is 4.09. The van der Waals surface area contributed by atoms with E-state index in [1.54, 1.807) is 0 Å². The molecule has 1 aromatic heterocycles. The Morgan fingerprint density at radius 1 is 1.14 bits per heavy atom. The summed E-state index contributed by atoms with van der Waals surface area (Å²) >= 11 is 0. The minimum Gasteiger partial charge on any atom is -0.312 e. The molecule has 1 saturated heterocycles. The van der Waals surface area contributed by atoms with Gasteiger partial charge in [-0.3, -0.25) is 9.58 Å². The average Bonchev–Trinajstić information content (AvgIpc) is 2.93. The second kappa shape index (κ2) is 7.38. The van der Waals surface area contributed by atoms with Gasteiger partial charge in [0.05, 0.1) is 6.54 Å². The van der Waals surface area contributed by atoms with Crippen LogP contribution < -0.4 is 5.32 Å². The van der Waals surface area contributed by atoms with E-state index in [-0.39, 0.29) is 0 Å². The van der Waals surface area contributed by atoms with Crippen LogP contribution in [0.4, 0.5) is 0 Å². The molecule has 112 valence electrons. The molecular formula is C17H24N4. The molecule has 0 radical (unpaired) electrons. The quantitative estimate of drug-likeness (QED) is 0.909. The standard InChI is InChI=1S/C17H24N4/c1-2-6-16(7-3-1)14-17-15-20(10-4-8-18-17)12-13-21-11-5-9-19-21/h1-3,5-7,9,11,17-18H,4,8,10,12-15H2. The summed E-state index contributed by atoms with van der Waals surface area (Å²) in [5.74, 6) is 0. The summed E-state index contributed by atoms with van der Waals surface area (Å²) in [5.41, 5.74) is 1.42. The monoisotopic (exact) mass is 284 g/mol. The van der Waals surface area contributed by atoms with Gasteiger partial charge >= 0.3 is 0 Å². The van der Waals surface area contributed by atoms with Gasteiger partial charge in [-0.15, -0.1) is 0 Å². The van der Waals surface area contributed by atoms with E-state index in [2.05, 4.69) is 45.6 Å². The first-order valence-electron chi connectivity index (χ1n) is 7.87. The molecule has 1 atom stereocenters. The molecule has 1 aliphatic heterocycles. The van der Waals surface area contributed by atoms with Crippen LogP contribution >= 0.6 is 0 Å². The van der Waals surface area contributed by atoms with Crippen molar-refractivity contribution in [3.63, 3.8) is 0 Å². The van der Waals surface area contributed by atoms with Crippen molar-refractivity contribution in [1.29, 1.82) is 0 Å². The molecule has 0 saturated carbocycles. The smallest absolute Gasteiger partial charge is 0.0536 e. The Bertz CT molecular complexity index is 509. The van der Waals surface area contributed by atoms with Gasteiger partial charge in [0.25, 0.3) is 0 Å². The summed E-state index contributed by atoms with van der Waals surface area (Å²) < 4.78 is 2.02. The highest BCUT2D eigenvalue weighted by Gasteiger charge is 2.17. The van der Waals surface area contributed by atoms with Crippen molar-refractivity contribution in [1.82, 2.24) is 20.0 Å². The molecule has 2 heterocycles. The van der Waals surface area contributed by atoms with Gasteiger partial charge in [0, 0.05) is 31.5 Å². The van der Waals surface area contributed by atoms with Gasteiger partial charge < -0.3 is 5.32 Å². The fourth-order valence-corrected chi connectivity index (χ4v) is 2.99. The Morgan fingerprint density at radius 2 is 2.05 bits per heavy atom. The zero-order chi connectivity index (χ0) is 14.3. The Hall–Kier alpha value is -1.65. The molecule has 4 nitrogen and oxygen atoms in total. The van der Waals surface area contributed by atoms with Gasteiger partial charge in [0.1, 0.15) is 0 Å². The number of nitrogens with one attached hydrogen (secondary N) is 1. The molecule has 21 heavy (non-hydrogen) atoms. The topological polar surface area (TPSA) is 33.1 Å². The summed E-state index contributed by atoms with van der Waals surface area (Å²) in [6, 6.07) is 13.3. The van der Waals surface area contributed by atoms with Crippen LogP contribution in [0.25, 0.3) is 0 Å². The van der Waals surface area contributed by atoms with Gasteiger partial charge in [-0.25, -0.2) is 0 Å². The van der Waals surface area contributed by atoms with Crippen LogP contribution in [0.2, 0.25) is 0 Å². The molecule has 0 spiro atoms. The first-order chi connectivity index (χ1) is 10.4. The van der Waals surface area contributed by atoms with Crippen LogP contribution in [0.1, 0.15) is 12.0 Å². The van der Waals surface area contributed by atoms with Crippen LogP contribution in [0.5, 0.6) is 0 Å². The third-order valence-electron chi connectivity index (χ3n) is 4.09. The van der Waals surface area contributed by atoms with Gasteiger partial charge in [0.2, 0.25) is 0 Å². The highest BCUT2D eigenvalue weighted by molar-refractivity contribution is 5.16. The van der Waals surface area contributed by atoms with Gasteiger partial charge in [-0.1, -0.05) is 30.3 Å². The minimum atomic E-state index is 0.549. The average molecular weight is 284 g/mol. The van der Waals surface area contributed by atoms with Crippen molar-refractivity contribution in [3.05, 3.63) is 54.4 Å². The third kappa shape index (κ3) is 4.41. The lowest BCUT2D eigenvalue weighted by Gasteiger charge is -2.24. The summed E-state index contributed by atoms with van der Waals surface area (Å²) in [4.78, 5) is 2.56. The lowest BCUT2D eigenvalue weighted by atomic mass is 10.1. The SMILES string of the molecule is c1ccc(CC2CN(CCn3cccn3)CCCN2)cc1. The molecule has 2 aromatic rings. The van der Waals surface area contributed by atoms with Crippen molar-refractivity contribution in [2.24, 2.45) is 0 Å². The van der Waals surface area contributed by atoms with E-state index in [4.69, 9.17) is 0 Å². The fourth-order valence-electron chi connectivity index (χ4n) is 2.99. The summed E-state index contributed by atoms with van der Waals surface area (Å²) in [5, 5.41) is 7.97. The summed E-state index contributed by atoms with van der Waals surface area (Å²) in [6.07, 6.45) is 6.23. The van der Waals surface area contributed by atoms with E-state index < -0.39 is 0 Å². The van der Waals surface area contributed by atoms with E-state index in [9.17, 15) is 0 Å². The number of benzene rings is 1. The molecule has 3 rings (SSSR count). The van der Waals surface area contributed by atoms with Gasteiger partial charge in [-0.2, -0.15) is 5.10 Å². The number of hydrogen-bond acceptors (Lipinski definition) is 3. The highest BCUT2D eigenvalue weighted by atomic mass is 15.3. The summed E-state index contributed by atoms with van der Waals surface area (Å²) in [7, 11) is 0. The number of aromatic nitrogens is 2. The zero-order valence-corrected chi connectivity index (χ0v) is 12.5. The second-order valence-corrected chi connectivity index (χ2v) is 5.76. The van der Waals surface area contributed by atoms with E-state index in [1.807, 2.05) is 23.1 Å². The van der Waals surface area contributed by atoms with Crippen LogP contribution in [0.3, 0.4) is 0 Å². The minimum absolute atomic E-state index is 0.549. The molecule has 0 aliphatic carbocycles. The molecule has 0 bridgehead atoms. The maximum atomic E-state index is 4.29. The van der Waals surface area contributed by atoms with Crippen molar-refractivity contribution in [2.45, 2.75) is 25.4 Å². The highest BCUT2D eigenvalue weighted by Crippen LogP contribution is 2.08. The predicted octanol–water partition coefficient (Wildman–Crippen LogP) is 1.79. The van der Waals surface area contributed by atoms with Crippen LogP contribution in [0, 0.1) is 0 Å². The predicted molar refractivity (Wildman–Crippen MR) is 85.2 cm³/mol. The van der Waals surface area contributed by atoms with Crippen molar-refractivity contribution >= 4 is 0 Å². The first kappa shape index (κ1) is 14.3. The number of nitrogens with zero attached hydrogens (tertiary/aromatic N) is 3. The Balaban J connectivity index is 1.53. The zero-order valence-electron chi connectivity index (χ0n) is 12.5. The van der Waals surface area contributed by atoms with Crippen LogP contribution in [-0.2, 0) is 13.0 Å². The van der Waals surface area contributed by atoms with Gasteiger partial charge in [-0.05, 0) is 37.6 Å². The van der Waals surface area contributed by atoms with E-state index >= 15 is 0 Å². The largest absolute Gasteiger partial charge is 0.312 e. The number of rotatable bonds is 5. The van der Waals surface area contributed by atoms with E-state index in [0.717, 1.165) is 32.6 Å². The molecule has 1 N–H and O–H groups in total. The van der Waals surface area contributed by atoms with Crippen molar-refractivity contribution < 1.29 is 0 Å². The Morgan fingerprint density at radius 3 is 2.86 bits per heavy atom. The maximum absolute atomic E-state index is 4.29. The lowest BCUT2D eigenvalue weighted by molar-refractivity contribution is 0.253. The van der Waals surface area contributed by atoms with Crippen LogP contribution in [0.15, 0.2) is 48.8 Å². The van der Waals surface area contributed by atoms with E-state index in [0.29, 0.717) is 6.04 Å². The number of hydrogen-bond donors (Lipinski definition) is 1. The van der Waals surface area contributed by atoms with Crippen molar-refractivity contribution in [3.8, 4) is 0 Å². The van der Waals surface area contributed by atoms with Gasteiger partial charge in [0.15, 0.2) is 0 Å². The molecule has 1 fully saturated rings. The molecule has 4 heteroatoms.